The lowest BCUT2D eigenvalue weighted by atomic mass is 10.1. The number of rotatable bonds is 4. The van der Waals surface area contributed by atoms with E-state index in [0.717, 1.165) is 30.8 Å². The molecule has 0 radical (unpaired) electrons. The van der Waals surface area contributed by atoms with Crippen molar-refractivity contribution < 1.29 is 31.6 Å². The van der Waals surface area contributed by atoms with E-state index in [2.05, 4.69) is 29.0 Å². The number of carbonyl (C=O) groups is 1. The second-order valence-corrected chi connectivity index (χ2v) is 5.82. The number of aldehydes is 1. The first-order valence-corrected chi connectivity index (χ1v) is 8.54. The first-order valence-electron chi connectivity index (χ1n) is 7.21. The number of pyridine rings is 1. The Morgan fingerprint density at radius 3 is 1.73 bits per heavy atom. The smallest absolute Gasteiger partial charge is 0.217 e. The van der Waals surface area contributed by atoms with Crippen LogP contribution < -0.4 is 4.57 Å². The largest absolute Gasteiger partial charge is 0.726 e. The molecule has 8 heteroatoms. The molecule has 1 aromatic heterocycles. The van der Waals surface area contributed by atoms with Crippen LogP contribution in [0.15, 0.2) is 61.6 Å². The van der Waals surface area contributed by atoms with Gasteiger partial charge in [-0.3, -0.25) is 8.98 Å². The highest BCUT2D eigenvalue weighted by atomic mass is 32.3. The average Bonchev–Trinajstić information content (AvgIpc) is 2.62. The topological polar surface area (TPSA) is 108 Å². The van der Waals surface area contributed by atoms with Crippen LogP contribution >= 0.6 is 0 Å². The molecule has 2 aromatic rings. The Morgan fingerprint density at radius 2 is 1.38 bits per heavy atom. The Labute approximate surface area is 153 Å². The number of aromatic nitrogens is 1. The minimum atomic E-state index is -4.41. The van der Waals surface area contributed by atoms with Crippen molar-refractivity contribution in [2.75, 3.05) is 7.11 Å². The maximum absolute atomic E-state index is 10.5. The molecule has 0 aliphatic heterocycles. The Kier molecular flexibility index (Phi) is 11.2. The molecular weight excluding hydrogens is 358 g/mol. The van der Waals surface area contributed by atoms with E-state index in [1.54, 1.807) is 0 Å². The summed E-state index contributed by atoms with van der Waals surface area (Å²) < 4.78 is 33.0. The van der Waals surface area contributed by atoms with Crippen LogP contribution in [-0.2, 0) is 21.6 Å². The molecular formula is C18H21NO6S. The van der Waals surface area contributed by atoms with Gasteiger partial charge in [0.1, 0.15) is 13.3 Å². The summed E-state index contributed by atoms with van der Waals surface area (Å²) in [6.45, 7) is 2.92. The molecule has 0 saturated carbocycles. The molecule has 1 N–H and O–H groups in total. The third-order valence-corrected chi connectivity index (χ3v) is 3.16. The average molecular weight is 379 g/mol. The van der Waals surface area contributed by atoms with Crippen LogP contribution in [0.2, 0.25) is 0 Å². The van der Waals surface area contributed by atoms with Gasteiger partial charge >= 0.3 is 0 Å². The molecule has 0 atom stereocenters. The standard InChI is InChI=1S/C15H14NO.C2H4O.CH4O4S/c1-16-10-8-14(9-11-16)3-2-13-4-6-15(12-17)7-5-13;1-2-3;1-5-6(2,3)4/h2-12H,1H3;2-3H,1H2;1H3,(H,2,3,4)/q+1;;/p-1. The minimum Gasteiger partial charge on any atom is -0.726 e. The quantitative estimate of drug-likeness (QED) is 0.287. The van der Waals surface area contributed by atoms with E-state index in [0.29, 0.717) is 5.56 Å². The van der Waals surface area contributed by atoms with Crippen LogP contribution in [0.1, 0.15) is 21.5 Å². The monoisotopic (exact) mass is 379 g/mol. The molecule has 26 heavy (non-hydrogen) atoms. The van der Waals surface area contributed by atoms with Gasteiger partial charge in [-0.05, 0) is 11.1 Å². The van der Waals surface area contributed by atoms with Crippen molar-refractivity contribution in [1.82, 2.24) is 0 Å². The summed E-state index contributed by atoms with van der Waals surface area (Å²) in [7, 11) is -1.61. The number of hydrogen-bond donors (Lipinski definition) is 1. The summed E-state index contributed by atoms with van der Waals surface area (Å²) >= 11 is 0. The first-order chi connectivity index (χ1) is 12.3. The maximum atomic E-state index is 10.5. The molecule has 0 fully saturated rings. The highest BCUT2D eigenvalue weighted by molar-refractivity contribution is 7.80. The lowest BCUT2D eigenvalue weighted by Crippen LogP contribution is -2.25. The normalized spacial score (nSPS) is 10.1. The van der Waals surface area contributed by atoms with Gasteiger partial charge in [0.25, 0.3) is 0 Å². The van der Waals surface area contributed by atoms with Gasteiger partial charge < -0.3 is 9.66 Å². The minimum absolute atomic E-state index is 0.703. The van der Waals surface area contributed by atoms with Crippen molar-refractivity contribution in [1.29, 1.82) is 0 Å². The van der Waals surface area contributed by atoms with E-state index < -0.39 is 10.4 Å². The van der Waals surface area contributed by atoms with E-state index in [9.17, 15) is 17.8 Å². The Bertz CT molecular complexity index is 797. The summed E-state index contributed by atoms with van der Waals surface area (Å²) in [5.41, 5.74) is 2.94. The van der Waals surface area contributed by atoms with Gasteiger partial charge in [-0.2, -0.15) is 0 Å². The fourth-order valence-corrected chi connectivity index (χ4v) is 1.50. The second kappa shape index (κ2) is 12.5. The maximum Gasteiger partial charge on any atom is 0.217 e. The van der Waals surface area contributed by atoms with E-state index in [1.165, 1.54) is 0 Å². The molecule has 0 unspecified atom stereocenters. The van der Waals surface area contributed by atoms with Crippen molar-refractivity contribution in [3.63, 3.8) is 0 Å². The number of benzene rings is 1. The van der Waals surface area contributed by atoms with E-state index in [1.807, 2.05) is 54.3 Å². The summed E-state index contributed by atoms with van der Waals surface area (Å²) in [5.74, 6) is 0. The Balaban J connectivity index is 0.000000584. The van der Waals surface area contributed by atoms with Crippen molar-refractivity contribution in [2.45, 2.75) is 0 Å². The molecule has 1 aromatic carbocycles. The van der Waals surface area contributed by atoms with Crippen molar-refractivity contribution in [2.24, 2.45) is 7.05 Å². The van der Waals surface area contributed by atoms with Gasteiger partial charge in [0.2, 0.25) is 10.4 Å². The zero-order chi connectivity index (χ0) is 20.0. The molecule has 0 amide bonds. The SMILES string of the molecule is C=CO.COS(=O)(=O)[O-].C[n+]1ccc(C=Cc2ccc(C=O)cc2)cc1. The number of aliphatic hydroxyl groups is 1. The predicted molar refractivity (Wildman–Crippen MR) is 97.9 cm³/mol. The zero-order valence-corrected chi connectivity index (χ0v) is 15.3. The third-order valence-electron chi connectivity index (χ3n) is 2.75. The fourth-order valence-electron chi connectivity index (χ4n) is 1.50. The van der Waals surface area contributed by atoms with E-state index in [4.69, 9.17) is 5.11 Å². The molecule has 0 bridgehead atoms. The molecule has 0 saturated heterocycles. The highest BCUT2D eigenvalue weighted by Crippen LogP contribution is 2.08. The van der Waals surface area contributed by atoms with Crippen molar-refractivity contribution in [3.8, 4) is 0 Å². The summed E-state index contributed by atoms with van der Waals surface area (Å²) in [4.78, 5) is 10.5. The van der Waals surface area contributed by atoms with E-state index in [-0.39, 0.29) is 0 Å². The van der Waals surface area contributed by atoms with E-state index >= 15 is 0 Å². The van der Waals surface area contributed by atoms with Crippen LogP contribution in [0.5, 0.6) is 0 Å². The zero-order valence-electron chi connectivity index (χ0n) is 14.5. The number of hydrogen-bond acceptors (Lipinski definition) is 6. The van der Waals surface area contributed by atoms with Gasteiger partial charge in [0.05, 0.1) is 13.4 Å². The third kappa shape index (κ3) is 11.7. The van der Waals surface area contributed by atoms with Crippen LogP contribution in [-0.4, -0.2) is 31.5 Å². The Morgan fingerprint density at radius 1 is 1.04 bits per heavy atom. The van der Waals surface area contributed by atoms with Gasteiger partial charge in [0.15, 0.2) is 12.4 Å². The number of aliphatic hydroxyl groups excluding tert-OH is 1. The van der Waals surface area contributed by atoms with Gasteiger partial charge in [0, 0.05) is 17.7 Å². The number of carbonyl (C=O) groups excluding carboxylic acids is 1. The van der Waals surface area contributed by atoms with Crippen LogP contribution in [0, 0.1) is 0 Å². The Hall–Kier alpha value is -2.81. The van der Waals surface area contributed by atoms with Gasteiger partial charge in [-0.25, -0.2) is 13.0 Å². The van der Waals surface area contributed by atoms with Crippen LogP contribution in [0.3, 0.4) is 0 Å². The molecule has 0 aliphatic rings. The molecule has 0 spiro atoms. The van der Waals surface area contributed by atoms with Crippen LogP contribution in [0.4, 0.5) is 0 Å². The fraction of sp³-hybridized carbons (Fsp3) is 0.111. The second-order valence-electron chi connectivity index (χ2n) is 4.67. The lowest BCUT2D eigenvalue weighted by molar-refractivity contribution is -0.671. The van der Waals surface area contributed by atoms with Crippen LogP contribution in [0.25, 0.3) is 12.2 Å². The van der Waals surface area contributed by atoms with Gasteiger partial charge in [-0.15, -0.1) is 0 Å². The molecule has 140 valence electrons. The summed E-state index contributed by atoms with van der Waals surface area (Å²) in [5, 5.41) is 7.33. The number of nitrogens with zero attached hydrogens (tertiary/aromatic N) is 1. The lowest BCUT2D eigenvalue weighted by Gasteiger charge is -1.98. The van der Waals surface area contributed by atoms with Crippen molar-refractivity contribution in [3.05, 3.63) is 78.3 Å². The summed E-state index contributed by atoms with van der Waals surface area (Å²) in [6, 6.07) is 11.6. The molecule has 2 rings (SSSR count). The molecule has 1 heterocycles. The summed E-state index contributed by atoms with van der Waals surface area (Å²) in [6.07, 6.45) is 9.70. The predicted octanol–water partition coefficient (Wildman–Crippen LogP) is 2.27. The van der Waals surface area contributed by atoms with Gasteiger partial charge in [-0.1, -0.05) is 43.0 Å². The van der Waals surface area contributed by atoms with Crippen molar-refractivity contribution >= 4 is 28.8 Å². The first kappa shape index (κ1) is 23.2. The number of aryl methyl sites for hydroxylation is 1. The molecule has 0 aliphatic carbocycles. The molecule has 7 nitrogen and oxygen atoms in total. The highest BCUT2D eigenvalue weighted by Gasteiger charge is 1.92.